The fourth-order valence-electron chi connectivity index (χ4n) is 2.71. The molecule has 1 aromatic heterocycles. The highest BCUT2D eigenvalue weighted by Crippen LogP contribution is 2.34. The van der Waals surface area contributed by atoms with Gasteiger partial charge >= 0.3 is 0 Å². The Balaban J connectivity index is 2.00. The van der Waals surface area contributed by atoms with Crippen LogP contribution in [0.4, 0.5) is 0 Å². The van der Waals surface area contributed by atoms with Gasteiger partial charge in [0.15, 0.2) is 11.6 Å². The number of carbonyl (C=O) groups excluding carboxylic acids is 1. The summed E-state index contributed by atoms with van der Waals surface area (Å²) in [5.41, 5.74) is 2.42. The first kappa shape index (κ1) is 13.7. The zero-order chi connectivity index (χ0) is 15.0. The first-order valence-corrected chi connectivity index (χ1v) is 7.02. The molecule has 1 aromatic carbocycles. The van der Waals surface area contributed by atoms with E-state index in [1.807, 2.05) is 24.3 Å². The van der Waals surface area contributed by atoms with E-state index in [1.54, 1.807) is 13.3 Å². The maximum absolute atomic E-state index is 12.1. The Bertz CT molecular complexity index is 690. The molecule has 4 nitrogen and oxygen atoms in total. The summed E-state index contributed by atoms with van der Waals surface area (Å²) in [6.07, 6.45) is 3.03. The molecular formula is C17H18N2O2. The van der Waals surface area contributed by atoms with Gasteiger partial charge in [-0.1, -0.05) is 13.8 Å². The van der Waals surface area contributed by atoms with E-state index in [4.69, 9.17) is 4.74 Å². The van der Waals surface area contributed by atoms with Gasteiger partial charge in [0.2, 0.25) is 0 Å². The Morgan fingerprint density at radius 2 is 1.86 bits per heavy atom. The van der Waals surface area contributed by atoms with Crippen LogP contribution in [0, 0.1) is 5.41 Å². The van der Waals surface area contributed by atoms with E-state index >= 15 is 0 Å². The third-order valence-corrected chi connectivity index (χ3v) is 3.80. The summed E-state index contributed by atoms with van der Waals surface area (Å²) >= 11 is 0. The smallest absolute Gasteiger partial charge is 0.166 e. The fourth-order valence-corrected chi connectivity index (χ4v) is 2.71. The fraction of sp³-hybridized carbons (Fsp3) is 0.353. The van der Waals surface area contributed by atoms with Crippen LogP contribution < -0.4 is 4.74 Å². The average molecular weight is 282 g/mol. The predicted octanol–water partition coefficient (Wildman–Crippen LogP) is 3.31. The molecule has 3 rings (SSSR count). The summed E-state index contributed by atoms with van der Waals surface area (Å²) in [4.78, 5) is 21.1. The molecule has 1 aliphatic rings. The van der Waals surface area contributed by atoms with Gasteiger partial charge in [-0.3, -0.25) is 4.79 Å². The molecule has 0 N–H and O–H groups in total. The molecule has 1 aliphatic carbocycles. The van der Waals surface area contributed by atoms with Crippen molar-refractivity contribution in [3.8, 4) is 17.1 Å². The number of methoxy groups -OCH3 is 1. The van der Waals surface area contributed by atoms with Crippen LogP contribution in [-0.2, 0) is 6.42 Å². The van der Waals surface area contributed by atoms with Crippen molar-refractivity contribution < 1.29 is 9.53 Å². The number of Topliss-reactive ketones (excluding diaryl/α,β-unsaturated/α-hetero) is 1. The van der Waals surface area contributed by atoms with E-state index in [-0.39, 0.29) is 11.2 Å². The highest BCUT2D eigenvalue weighted by atomic mass is 16.5. The Morgan fingerprint density at radius 3 is 2.52 bits per heavy atom. The number of hydrogen-bond donors (Lipinski definition) is 0. The van der Waals surface area contributed by atoms with Crippen LogP contribution >= 0.6 is 0 Å². The number of carbonyl (C=O) groups is 1. The molecule has 108 valence electrons. The van der Waals surface area contributed by atoms with Crippen molar-refractivity contribution in [2.24, 2.45) is 5.41 Å². The topological polar surface area (TPSA) is 52.1 Å². The summed E-state index contributed by atoms with van der Waals surface area (Å²) < 4.78 is 5.15. The van der Waals surface area contributed by atoms with E-state index in [9.17, 15) is 4.79 Å². The molecule has 0 saturated heterocycles. The molecule has 0 amide bonds. The van der Waals surface area contributed by atoms with Crippen LogP contribution in [0.15, 0.2) is 30.5 Å². The molecule has 0 atom stereocenters. The number of ketones is 1. The lowest BCUT2D eigenvalue weighted by Gasteiger charge is -2.29. The number of aromatic nitrogens is 2. The quantitative estimate of drug-likeness (QED) is 0.848. The van der Waals surface area contributed by atoms with E-state index in [2.05, 4.69) is 23.8 Å². The number of nitrogens with zero attached hydrogens (tertiary/aromatic N) is 2. The van der Waals surface area contributed by atoms with Gasteiger partial charge in [0.05, 0.1) is 18.4 Å². The van der Waals surface area contributed by atoms with Crippen molar-refractivity contribution in [3.05, 3.63) is 41.7 Å². The van der Waals surface area contributed by atoms with Gasteiger partial charge in [0.25, 0.3) is 0 Å². The molecule has 4 heteroatoms. The standard InChI is InChI=1S/C17H18N2O2/c1-17(2)8-14-13(15(20)9-17)10-18-16(19-14)11-4-6-12(21-3)7-5-11/h4-7,10H,8-9H2,1-3H3. The van der Waals surface area contributed by atoms with Gasteiger partial charge in [-0.05, 0) is 36.1 Å². The lowest BCUT2D eigenvalue weighted by molar-refractivity contribution is 0.0910. The molecule has 0 aliphatic heterocycles. The number of fused-ring (bicyclic) bond motifs is 1. The van der Waals surface area contributed by atoms with Crippen LogP contribution in [-0.4, -0.2) is 22.9 Å². The number of ether oxygens (including phenoxy) is 1. The monoisotopic (exact) mass is 282 g/mol. The summed E-state index contributed by atoms with van der Waals surface area (Å²) in [6.45, 7) is 4.20. The van der Waals surface area contributed by atoms with Crippen LogP contribution in [0.2, 0.25) is 0 Å². The van der Waals surface area contributed by atoms with E-state index in [0.29, 0.717) is 17.8 Å². The molecule has 0 radical (unpaired) electrons. The van der Waals surface area contributed by atoms with Gasteiger partial charge in [-0.2, -0.15) is 0 Å². The second-order valence-electron chi connectivity index (χ2n) is 6.22. The molecule has 0 fully saturated rings. The van der Waals surface area contributed by atoms with Crippen molar-refractivity contribution in [1.29, 1.82) is 0 Å². The summed E-state index contributed by atoms with van der Waals surface area (Å²) in [5.74, 6) is 1.59. The van der Waals surface area contributed by atoms with Crippen molar-refractivity contribution in [1.82, 2.24) is 9.97 Å². The predicted molar refractivity (Wildman–Crippen MR) is 80.5 cm³/mol. The van der Waals surface area contributed by atoms with Crippen LogP contribution in [0.25, 0.3) is 11.4 Å². The molecule has 0 unspecified atom stereocenters. The maximum Gasteiger partial charge on any atom is 0.166 e. The number of hydrogen-bond acceptors (Lipinski definition) is 4. The van der Waals surface area contributed by atoms with Gasteiger partial charge in [0.1, 0.15) is 5.75 Å². The molecule has 2 aromatic rings. The first-order chi connectivity index (χ1) is 9.98. The zero-order valence-corrected chi connectivity index (χ0v) is 12.5. The minimum absolute atomic E-state index is 0.0321. The third kappa shape index (κ3) is 2.66. The molecular weight excluding hydrogens is 264 g/mol. The van der Waals surface area contributed by atoms with E-state index < -0.39 is 0 Å². The largest absolute Gasteiger partial charge is 0.497 e. The Labute approximate surface area is 124 Å². The summed E-state index contributed by atoms with van der Waals surface area (Å²) in [6, 6.07) is 7.62. The normalized spacial score (nSPS) is 16.4. The number of benzene rings is 1. The molecule has 0 spiro atoms. The molecule has 21 heavy (non-hydrogen) atoms. The Morgan fingerprint density at radius 1 is 1.14 bits per heavy atom. The number of rotatable bonds is 2. The van der Waals surface area contributed by atoms with Crippen LogP contribution in [0.1, 0.15) is 36.3 Å². The van der Waals surface area contributed by atoms with Gasteiger partial charge in [-0.25, -0.2) is 9.97 Å². The van der Waals surface area contributed by atoms with Gasteiger partial charge in [0, 0.05) is 18.2 Å². The zero-order valence-electron chi connectivity index (χ0n) is 12.5. The molecule has 0 bridgehead atoms. The Hall–Kier alpha value is -2.23. The van der Waals surface area contributed by atoms with Crippen LogP contribution in [0.5, 0.6) is 5.75 Å². The molecule has 1 heterocycles. The summed E-state index contributed by atoms with van der Waals surface area (Å²) in [5, 5.41) is 0. The van der Waals surface area contributed by atoms with E-state index in [0.717, 1.165) is 23.4 Å². The minimum atomic E-state index is -0.0321. The van der Waals surface area contributed by atoms with Crippen molar-refractivity contribution >= 4 is 5.78 Å². The van der Waals surface area contributed by atoms with Crippen molar-refractivity contribution in [2.45, 2.75) is 26.7 Å². The second kappa shape index (κ2) is 4.95. The second-order valence-corrected chi connectivity index (χ2v) is 6.22. The summed E-state index contributed by atoms with van der Waals surface area (Å²) in [7, 11) is 1.64. The lowest BCUT2D eigenvalue weighted by Crippen LogP contribution is -2.28. The average Bonchev–Trinajstić information content (AvgIpc) is 2.45. The highest BCUT2D eigenvalue weighted by Gasteiger charge is 2.32. The maximum atomic E-state index is 12.1. The van der Waals surface area contributed by atoms with Gasteiger partial charge < -0.3 is 4.74 Å². The van der Waals surface area contributed by atoms with Crippen molar-refractivity contribution in [3.63, 3.8) is 0 Å². The molecule has 0 saturated carbocycles. The highest BCUT2D eigenvalue weighted by molar-refractivity contribution is 5.98. The first-order valence-electron chi connectivity index (χ1n) is 7.02. The Kier molecular flexibility index (Phi) is 3.24. The lowest BCUT2D eigenvalue weighted by atomic mass is 9.76. The van der Waals surface area contributed by atoms with Gasteiger partial charge in [-0.15, -0.1) is 0 Å². The van der Waals surface area contributed by atoms with Crippen LogP contribution in [0.3, 0.4) is 0 Å². The van der Waals surface area contributed by atoms with Crippen molar-refractivity contribution in [2.75, 3.05) is 7.11 Å². The minimum Gasteiger partial charge on any atom is -0.497 e. The van der Waals surface area contributed by atoms with E-state index in [1.165, 1.54) is 0 Å². The third-order valence-electron chi connectivity index (χ3n) is 3.80. The SMILES string of the molecule is COc1ccc(-c2ncc3c(n2)CC(C)(C)CC3=O)cc1.